The van der Waals surface area contributed by atoms with Crippen LogP contribution in [-0.4, -0.2) is 67.3 Å². The third kappa shape index (κ3) is 9.28. The van der Waals surface area contributed by atoms with Gasteiger partial charge in [-0.15, -0.1) is 0 Å². The third-order valence-electron chi connectivity index (χ3n) is 5.26. The predicted octanol–water partition coefficient (Wildman–Crippen LogP) is 3.85. The maximum Gasteiger partial charge on any atom is 0.353 e. The average molecular weight is 509 g/mol. The Morgan fingerprint density at radius 1 is 0.889 bits per heavy atom. The molecule has 0 aliphatic rings. The third-order valence-corrected chi connectivity index (χ3v) is 5.26. The van der Waals surface area contributed by atoms with Crippen LogP contribution in [0.5, 0.6) is 5.75 Å². The van der Waals surface area contributed by atoms with Gasteiger partial charge in [0, 0.05) is 6.61 Å². The zero-order chi connectivity index (χ0) is 27.0. The van der Waals surface area contributed by atoms with Gasteiger partial charge in [0.2, 0.25) is 6.10 Å². The van der Waals surface area contributed by atoms with E-state index >= 15 is 0 Å². The van der Waals surface area contributed by atoms with E-state index in [1.807, 2.05) is 36.4 Å². The van der Waals surface area contributed by atoms with Crippen molar-refractivity contribution >= 4 is 24.0 Å². The molecule has 0 aliphatic carbocycles. The average Bonchev–Trinajstić information content (AvgIpc) is 2.87. The number of unbranched alkanes of at least 4 members (excludes halogenated alkanes) is 1. The Bertz CT molecular complexity index is 810. The lowest BCUT2D eigenvalue weighted by Crippen LogP contribution is -2.61. The number of hydrogen-bond donors (Lipinski definition) is 1. The van der Waals surface area contributed by atoms with Gasteiger partial charge in [-0.1, -0.05) is 38.1 Å². The molecule has 0 aliphatic heterocycles. The molecule has 1 N–H and O–H groups in total. The molecule has 0 heterocycles. The van der Waals surface area contributed by atoms with Crippen LogP contribution in [0.4, 0.5) is 0 Å². The lowest BCUT2D eigenvalue weighted by atomic mass is 9.96. The fraction of sp³-hybridized carbons (Fsp3) is 0.593. The molecule has 1 atom stereocenters. The topological polar surface area (TPSA) is 118 Å². The fourth-order valence-corrected chi connectivity index (χ4v) is 3.28. The van der Waals surface area contributed by atoms with Crippen LogP contribution in [-0.2, 0) is 33.3 Å². The molecule has 9 nitrogen and oxygen atoms in total. The molecule has 0 fully saturated rings. The van der Waals surface area contributed by atoms with E-state index in [4.69, 9.17) is 23.7 Å². The minimum Gasteiger partial charge on any atom is -0.490 e. The summed E-state index contributed by atoms with van der Waals surface area (Å²) >= 11 is 0. The predicted molar refractivity (Wildman–Crippen MR) is 134 cm³/mol. The summed E-state index contributed by atoms with van der Waals surface area (Å²) in [5.74, 6) is -2.90. The normalized spacial score (nSPS) is 12.4. The molecule has 1 unspecified atom stereocenters. The van der Waals surface area contributed by atoms with E-state index in [2.05, 4.69) is 13.8 Å². The van der Waals surface area contributed by atoms with Crippen molar-refractivity contribution in [2.75, 3.05) is 26.4 Å². The molecule has 1 rings (SSSR count). The van der Waals surface area contributed by atoms with E-state index in [0.29, 0.717) is 12.8 Å². The summed E-state index contributed by atoms with van der Waals surface area (Å²) in [5.41, 5.74) is -1.98. The Labute approximate surface area is 213 Å². The molecule has 1 aromatic rings. The second-order valence-electron chi connectivity index (χ2n) is 7.88. The Balaban J connectivity index is 2.78. The van der Waals surface area contributed by atoms with Gasteiger partial charge >= 0.3 is 17.9 Å². The molecule has 202 valence electrons. The Morgan fingerprint density at radius 2 is 1.44 bits per heavy atom. The van der Waals surface area contributed by atoms with Gasteiger partial charge in [0.15, 0.2) is 0 Å². The number of hydrogen-bond acceptors (Lipinski definition) is 9. The Kier molecular flexibility index (Phi) is 14.4. The highest BCUT2D eigenvalue weighted by Crippen LogP contribution is 2.22. The van der Waals surface area contributed by atoms with Crippen molar-refractivity contribution in [1.29, 1.82) is 0 Å². The van der Waals surface area contributed by atoms with Crippen molar-refractivity contribution < 1.29 is 43.2 Å². The van der Waals surface area contributed by atoms with Crippen molar-refractivity contribution in [3.8, 4) is 5.75 Å². The SMILES string of the molecule is CCOC(=O)C(OCCC/C=C/c1ccc(OC(CC)CC)cc1)C(O)(C(=O)OCC)C(=O)OCC. The molecule has 36 heavy (non-hydrogen) atoms. The van der Waals surface area contributed by atoms with E-state index < -0.39 is 29.6 Å². The monoisotopic (exact) mass is 508 g/mol. The molecule has 0 aromatic heterocycles. The molecule has 0 saturated carbocycles. The van der Waals surface area contributed by atoms with Crippen molar-refractivity contribution in [3.05, 3.63) is 35.9 Å². The van der Waals surface area contributed by atoms with Gasteiger partial charge in [-0.05, 0) is 64.2 Å². The molecule has 9 heteroatoms. The number of rotatable bonds is 17. The number of carbonyl (C=O) groups is 3. The summed E-state index contributed by atoms with van der Waals surface area (Å²) in [6.45, 7) is 8.45. The highest BCUT2D eigenvalue weighted by molar-refractivity contribution is 6.08. The summed E-state index contributed by atoms with van der Waals surface area (Å²) < 4.78 is 26.0. The summed E-state index contributed by atoms with van der Waals surface area (Å²) in [4.78, 5) is 37.4. The number of benzene rings is 1. The van der Waals surface area contributed by atoms with E-state index in [1.54, 1.807) is 6.92 Å². The van der Waals surface area contributed by atoms with Gasteiger partial charge in [0.05, 0.1) is 25.9 Å². The molecule has 0 bridgehead atoms. The lowest BCUT2D eigenvalue weighted by Gasteiger charge is -2.30. The molecule has 0 amide bonds. The van der Waals surface area contributed by atoms with Gasteiger partial charge in [0.1, 0.15) is 5.75 Å². The van der Waals surface area contributed by atoms with Crippen LogP contribution in [0.25, 0.3) is 6.08 Å². The van der Waals surface area contributed by atoms with Gasteiger partial charge in [-0.3, -0.25) is 0 Å². The van der Waals surface area contributed by atoms with Crippen LogP contribution in [0.2, 0.25) is 0 Å². The van der Waals surface area contributed by atoms with E-state index in [9.17, 15) is 19.5 Å². The van der Waals surface area contributed by atoms with Crippen LogP contribution < -0.4 is 4.74 Å². The van der Waals surface area contributed by atoms with Gasteiger partial charge < -0.3 is 28.8 Å². The summed E-state index contributed by atoms with van der Waals surface area (Å²) in [5, 5.41) is 10.9. The van der Waals surface area contributed by atoms with E-state index in [1.165, 1.54) is 13.8 Å². The standard InChI is InChI=1S/C27H40O9/c1-6-21(7-2)36-22-17-15-20(16-18-22)14-12-11-13-19-35-23(24(28)32-8-3)27(31,25(29)33-9-4)26(30)34-10-5/h12,14-18,21,23,31H,6-11,13,19H2,1-5H3/b14-12+. The lowest BCUT2D eigenvalue weighted by molar-refractivity contribution is -0.208. The van der Waals surface area contributed by atoms with Crippen LogP contribution >= 0.6 is 0 Å². The minimum absolute atomic E-state index is 0.0306. The molecule has 0 radical (unpaired) electrons. The Morgan fingerprint density at radius 3 is 1.94 bits per heavy atom. The van der Waals surface area contributed by atoms with Crippen LogP contribution in [0.15, 0.2) is 30.3 Å². The molecule has 1 aromatic carbocycles. The first-order valence-corrected chi connectivity index (χ1v) is 12.6. The van der Waals surface area contributed by atoms with E-state index in [-0.39, 0.29) is 32.5 Å². The highest BCUT2D eigenvalue weighted by atomic mass is 16.6. The number of carbonyl (C=O) groups excluding carboxylic acids is 3. The smallest absolute Gasteiger partial charge is 0.353 e. The maximum atomic E-state index is 12.5. The minimum atomic E-state index is -2.98. The van der Waals surface area contributed by atoms with Crippen molar-refractivity contribution in [3.63, 3.8) is 0 Å². The van der Waals surface area contributed by atoms with Gasteiger partial charge in [-0.25, -0.2) is 14.4 Å². The quantitative estimate of drug-likeness (QED) is 0.145. The van der Waals surface area contributed by atoms with Crippen molar-refractivity contribution in [2.45, 2.75) is 78.1 Å². The van der Waals surface area contributed by atoms with Crippen molar-refractivity contribution in [1.82, 2.24) is 0 Å². The summed E-state index contributed by atoms with van der Waals surface area (Å²) in [6, 6.07) is 7.77. The zero-order valence-corrected chi connectivity index (χ0v) is 22.0. The van der Waals surface area contributed by atoms with Crippen molar-refractivity contribution in [2.24, 2.45) is 0 Å². The fourth-order valence-electron chi connectivity index (χ4n) is 3.28. The number of esters is 3. The second-order valence-corrected chi connectivity index (χ2v) is 7.88. The first kappa shape index (κ1) is 31.1. The van der Waals surface area contributed by atoms with Gasteiger partial charge in [0.25, 0.3) is 5.60 Å². The largest absolute Gasteiger partial charge is 0.490 e. The first-order valence-electron chi connectivity index (χ1n) is 12.6. The maximum absolute atomic E-state index is 12.5. The van der Waals surface area contributed by atoms with Crippen LogP contribution in [0.1, 0.15) is 65.9 Å². The Hall–Kier alpha value is -2.91. The molecular formula is C27H40O9. The van der Waals surface area contributed by atoms with Crippen LogP contribution in [0, 0.1) is 0 Å². The molecular weight excluding hydrogens is 468 g/mol. The number of allylic oxidation sites excluding steroid dienone is 1. The van der Waals surface area contributed by atoms with E-state index in [0.717, 1.165) is 24.2 Å². The molecule has 0 spiro atoms. The zero-order valence-electron chi connectivity index (χ0n) is 22.0. The first-order chi connectivity index (χ1) is 17.3. The number of ether oxygens (including phenoxy) is 5. The summed E-state index contributed by atoms with van der Waals surface area (Å²) in [6.07, 6.45) is 5.09. The highest BCUT2D eigenvalue weighted by Gasteiger charge is 2.58. The van der Waals surface area contributed by atoms with Crippen LogP contribution in [0.3, 0.4) is 0 Å². The molecule has 0 saturated heterocycles. The summed E-state index contributed by atoms with van der Waals surface area (Å²) in [7, 11) is 0. The van der Waals surface area contributed by atoms with Gasteiger partial charge in [-0.2, -0.15) is 0 Å². The number of aliphatic hydroxyl groups is 1. The second kappa shape index (κ2) is 16.7.